The van der Waals surface area contributed by atoms with Crippen LogP contribution in [-0.4, -0.2) is 33.0 Å². The summed E-state index contributed by atoms with van der Waals surface area (Å²) in [5.41, 5.74) is 2.52. The van der Waals surface area contributed by atoms with Gasteiger partial charge in [0.15, 0.2) is 0 Å². The van der Waals surface area contributed by atoms with E-state index in [9.17, 15) is 14.7 Å². The first-order valence-electron chi connectivity index (χ1n) is 8.73. The molecule has 0 aliphatic carbocycles. The number of H-pyrrole nitrogens is 1. The van der Waals surface area contributed by atoms with Crippen LogP contribution in [0.1, 0.15) is 22.7 Å². The largest absolute Gasteiger partial charge is 0.480 e. The van der Waals surface area contributed by atoms with Gasteiger partial charge in [0, 0.05) is 18.3 Å². The number of carbonyl (C=O) groups is 2. The minimum atomic E-state index is -1.08. The topological polar surface area (TPSA) is 95.1 Å². The Kier molecular flexibility index (Phi) is 5.99. The third-order valence-electron chi connectivity index (χ3n) is 4.39. The van der Waals surface area contributed by atoms with Crippen LogP contribution in [0, 0.1) is 0 Å². The summed E-state index contributed by atoms with van der Waals surface area (Å²) < 4.78 is 0. The Morgan fingerprint density at radius 1 is 1.00 bits per heavy atom. The number of aromatic amines is 1. The summed E-state index contributed by atoms with van der Waals surface area (Å²) in [5.74, 6) is -1.86. The fraction of sp³-hybridized carbons (Fsp3) is 0.190. The standard InChI is InChI=1S/C21H21N3O3/c25-20(24-19(21(26)27)12-17-13-22-14-23-17)18(16-9-5-2-6-10-16)11-15-7-3-1-4-8-15/h1-10,13-14,18-19H,11-12H2,(H,22,23)(H,24,25)(H,26,27)/t18?,19-/m0/s1. The third kappa shape index (κ3) is 5.04. The fourth-order valence-corrected chi connectivity index (χ4v) is 2.99. The van der Waals surface area contributed by atoms with Gasteiger partial charge in [-0.2, -0.15) is 0 Å². The molecule has 3 rings (SSSR count). The molecule has 0 saturated heterocycles. The Morgan fingerprint density at radius 3 is 2.26 bits per heavy atom. The van der Waals surface area contributed by atoms with Gasteiger partial charge >= 0.3 is 5.97 Å². The molecule has 1 aromatic heterocycles. The molecule has 6 heteroatoms. The highest BCUT2D eigenvalue weighted by Crippen LogP contribution is 2.21. The molecule has 0 saturated carbocycles. The van der Waals surface area contributed by atoms with E-state index >= 15 is 0 Å². The van der Waals surface area contributed by atoms with E-state index in [0.717, 1.165) is 11.1 Å². The maximum atomic E-state index is 13.0. The highest BCUT2D eigenvalue weighted by atomic mass is 16.4. The highest BCUT2D eigenvalue weighted by molar-refractivity contribution is 5.88. The average molecular weight is 363 g/mol. The van der Waals surface area contributed by atoms with Gasteiger partial charge in [0.2, 0.25) is 5.91 Å². The predicted octanol–water partition coefficient (Wildman–Crippen LogP) is 2.55. The van der Waals surface area contributed by atoms with Crippen LogP contribution < -0.4 is 5.32 Å². The minimum absolute atomic E-state index is 0.147. The van der Waals surface area contributed by atoms with Crippen molar-refractivity contribution in [2.75, 3.05) is 0 Å². The Morgan fingerprint density at radius 2 is 1.67 bits per heavy atom. The molecule has 27 heavy (non-hydrogen) atoms. The lowest BCUT2D eigenvalue weighted by molar-refractivity contribution is -0.142. The number of nitrogens with one attached hydrogen (secondary N) is 2. The quantitative estimate of drug-likeness (QED) is 0.573. The number of amides is 1. The van der Waals surface area contributed by atoms with Crippen LogP contribution in [0.25, 0.3) is 0 Å². The van der Waals surface area contributed by atoms with E-state index in [1.807, 2.05) is 60.7 Å². The number of imidazole rings is 1. The van der Waals surface area contributed by atoms with E-state index in [4.69, 9.17) is 0 Å². The molecule has 3 aromatic rings. The molecule has 0 bridgehead atoms. The summed E-state index contributed by atoms with van der Waals surface area (Å²) in [6.07, 6.45) is 3.68. The summed E-state index contributed by atoms with van der Waals surface area (Å²) in [5, 5.41) is 12.2. The molecule has 3 N–H and O–H groups in total. The fourth-order valence-electron chi connectivity index (χ4n) is 2.99. The van der Waals surface area contributed by atoms with Gasteiger partial charge in [-0.15, -0.1) is 0 Å². The monoisotopic (exact) mass is 363 g/mol. The van der Waals surface area contributed by atoms with Crippen molar-refractivity contribution in [2.45, 2.75) is 24.8 Å². The zero-order chi connectivity index (χ0) is 19.1. The number of hydrogen-bond donors (Lipinski definition) is 3. The van der Waals surface area contributed by atoms with E-state index in [2.05, 4.69) is 15.3 Å². The SMILES string of the molecule is O=C(N[C@@H](Cc1cnc[nH]1)C(=O)O)C(Cc1ccccc1)c1ccccc1. The molecule has 0 radical (unpaired) electrons. The molecule has 2 atom stereocenters. The zero-order valence-corrected chi connectivity index (χ0v) is 14.7. The first-order chi connectivity index (χ1) is 13.1. The summed E-state index contributed by atoms with van der Waals surface area (Å²) in [6.45, 7) is 0. The lowest BCUT2D eigenvalue weighted by Crippen LogP contribution is -2.44. The Hall–Kier alpha value is -3.41. The van der Waals surface area contributed by atoms with Gasteiger partial charge in [0.1, 0.15) is 6.04 Å². The number of carboxylic acids is 1. The molecular weight excluding hydrogens is 342 g/mol. The number of hydrogen-bond acceptors (Lipinski definition) is 3. The smallest absolute Gasteiger partial charge is 0.326 e. The van der Waals surface area contributed by atoms with Gasteiger partial charge in [-0.1, -0.05) is 60.7 Å². The Balaban J connectivity index is 1.80. The van der Waals surface area contributed by atoms with Crippen molar-refractivity contribution in [1.82, 2.24) is 15.3 Å². The number of rotatable bonds is 8. The molecule has 6 nitrogen and oxygen atoms in total. The average Bonchev–Trinajstić information content (AvgIpc) is 3.20. The molecule has 0 aliphatic rings. The molecule has 0 spiro atoms. The lowest BCUT2D eigenvalue weighted by Gasteiger charge is -2.21. The van der Waals surface area contributed by atoms with Crippen LogP contribution in [-0.2, 0) is 22.4 Å². The molecule has 2 aromatic carbocycles. The molecule has 1 unspecified atom stereocenters. The second-order valence-corrected chi connectivity index (χ2v) is 6.33. The van der Waals surface area contributed by atoms with Gasteiger partial charge in [-0.25, -0.2) is 9.78 Å². The molecule has 138 valence electrons. The van der Waals surface area contributed by atoms with Crippen molar-refractivity contribution in [2.24, 2.45) is 0 Å². The van der Waals surface area contributed by atoms with E-state index in [1.165, 1.54) is 6.33 Å². The van der Waals surface area contributed by atoms with Gasteiger partial charge in [0.25, 0.3) is 0 Å². The lowest BCUT2D eigenvalue weighted by atomic mass is 9.91. The first kappa shape index (κ1) is 18.4. The number of benzene rings is 2. The number of carboxylic acid groups (broad SMARTS) is 1. The van der Waals surface area contributed by atoms with Gasteiger partial charge in [-0.05, 0) is 17.5 Å². The molecule has 0 aliphatic heterocycles. The summed E-state index contributed by atoms with van der Waals surface area (Å²) >= 11 is 0. The zero-order valence-electron chi connectivity index (χ0n) is 14.7. The van der Waals surface area contributed by atoms with Crippen molar-refractivity contribution in [3.8, 4) is 0 Å². The molecule has 1 heterocycles. The van der Waals surface area contributed by atoms with Crippen molar-refractivity contribution < 1.29 is 14.7 Å². The third-order valence-corrected chi connectivity index (χ3v) is 4.39. The van der Waals surface area contributed by atoms with Crippen LogP contribution in [0.3, 0.4) is 0 Å². The first-order valence-corrected chi connectivity index (χ1v) is 8.73. The Labute approximate surface area is 157 Å². The number of aliphatic carboxylic acids is 1. The van der Waals surface area contributed by atoms with Crippen LogP contribution >= 0.6 is 0 Å². The maximum absolute atomic E-state index is 13.0. The van der Waals surface area contributed by atoms with Crippen LogP contribution in [0.2, 0.25) is 0 Å². The van der Waals surface area contributed by atoms with Gasteiger partial charge < -0.3 is 15.4 Å². The van der Waals surface area contributed by atoms with Gasteiger partial charge in [0.05, 0.1) is 12.2 Å². The maximum Gasteiger partial charge on any atom is 0.326 e. The highest BCUT2D eigenvalue weighted by Gasteiger charge is 2.27. The van der Waals surface area contributed by atoms with Gasteiger partial charge in [-0.3, -0.25) is 4.79 Å². The predicted molar refractivity (Wildman–Crippen MR) is 101 cm³/mol. The molecular formula is C21H21N3O3. The number of carbonyl (C=O) groups excluding carboxylic acids is 1. The van der Waals surface area contributed by atoms with Crippen molar-refractivity contribution in [1.29, 1.82) is 0 Å². The second kappa shape index (κ2) is 8.80. The number of aromatic nitrogens is 2. The van der Waals surface area contributed by atoms with Crippen LogP contribution in [0.4, 0.5) is 0 Å². The van der Waals surface area contributed by atoms with E-state index in [1.54, 1.807) is 6.20 Å². The van der Waals surface area contributed by atoms with Crippen molar-refractivity contribution in [3.63, 3.8) is 0 Å². The normalized spacial score (nSPS) is 12.9. The molecule has 1 amide bonds. The minimum Gasteiger partial charge on any atom is -0.480 e. The van der Waals surface area contributed by atoms with Crippen molar-refractivity contribution in [3.05, 3.63) is 90.0 Å². The van der Waals surface area contributed by atoms with Crippen LogP contribution in [0.15, 0.2) is 73.2 Å². The Bertz CT molecular complexity index is 864. The number of nitrogens with zero attached hydrogens (tertiary/aromatic N) is 1. The van der Waals surface area contributed by atoms with Crippen molar-refractivity contribution >= 4 is 11.9 Å². The van der Waals surface area contributed by atoms with Crippen LogP contribution in [0.5, 0.6) is 0 Å². The van der Waals surface area contributed by atoms with E-state index in [-0.39, 0.29) is 12.3 Å². The van der Waals surface area contributed by atoms with E-state index in [0.29, 0.717) is 12.1 Å². The van der Waals surface area contributed by atoms with E-state index < -0.39 is 17.9 Å². The second-order valence-electron chi connectivity index (χ2n) is 6.33. The summed E-state index contributed by atoms with van der Waals surface area (Å²) in [7, 11) is 0. The molecule has 0 fully saturated rings. The summed E-state index contributed by atoms with van der Waals surface area (Å²) in [4.78, 5) is 31.4. The summed E-state index contributed by atoms with van der Waals surface area (Å²) in [6, 6.07) is 18.1.